The van der Waals surface area contributed by atoms with Gasteiger partial charge in [0, 0.05) is 19.0 Å². The molecule has 2 aliphatic rings. The second-order valence-electron chi connectivity index (χ2n) is 8.31. The van der Waals surface area contributed by atoms with Gasteiger partial charge in [-0.25, -0.2) is 13.6 Å². The van der Waals surface area contributed by atoms with Crippen LogP contribution in [0.3, 0.4) is 0 Å². The van der Waals surface area contributed by atoms with Gasteiger partial charge in [-0.1, -0.05) is 26.7 Å². The van der Waals surface area contributed by atoms with E-state index in [2.05, 4.69) is 13.8 Å². The Morgan fingerprint density at radius 1 is 1.17 bits per heavy atom. The third kappa shape index (κ3) is 5.31. The van der Waals surface area contributed by atoms with Crippen LogP contribution in [-0.4, -0.2) is 51.0 Å². The summed E-state index contributed by atoms with van der Waals surface area (Å²) in [6.07, 6.45) is 3.50. The number of amides is 1. The number of hydrogen-bond acceptors (Lipinski definition) is 6. The number of nitrogens with two attached hydrogens (primary N) is 1. The van der Waals surface area contributed by atoms with Crippen molar-refractivity contribution in [2.24, 2.45) is 22.9 Å². The van der Waals surface area contributed by atoms with Crippen LogP contribution >= 0.6 is 0 Å². The first-order valence-corrected chi connectivity index (χ1v) is 11.9. The van der Waals surface area contributed by atoms with Gasteiger partial charge in [0.05, 0.1) is 10.8 Å². The highest BCUT2D eigenvalue weighted by atomic mass is 32.2. The van der Waals surface area contributed by atoms with Crippen LogP contribution in [0.15, 0.2) is 29.2 Å². The lowest BCUT2D eigenvalue weighted by Crippen LogP contribution is -2.45. The molecule has 9 heteroatoms. The number of esters is 1. The molecule has 0 aromatic heterocycles. The number of hydrogen-bond donors (Lipinski definition) is 1. The van der Waals surface area contributed by atoms with Crippen LogP contribution in [0.2, 0.25) is 0 Å². The first-order chi connectivity index (χ1) is 14.2. The molecule has 1 saturated heterocycles. The molecule has 1 aromatic rings. The van der Waals surface area contributed by atoms with Gasteiger partial charge in [-0.3, -0.25) is 9.59 Å². The van der Waals surface area contributed by atoms with Crippen LogP contribution in [-0.2, 0) is 24.3 Å². The summed E-state index contributed by atoms with van der Waals surface area (Å²) in [5, 5.41) is 5.05. The van der Waals surface area contributed by atoms with E-state index in [0.717, 1.165) is 12.8 Å². The van der Waals surface area contributed by atoms with Crippen LogP contribution in [0.4, 0.5) is 0 Å². The van der Waals surface area contributed by atoms with Crippen molar-refractivity contribution in [2.75, 3.05) is 19.8 Å². The number of nitrogens with zero attached hydrogens (tertiary/aromatic N) is 1. The molecule has 0 radical (unpaired) electrons. The molecule has 1 heterocycles. The molecule has 1 saturated carbocycles. The number of likely N-dealkylation sites (tertiary alicyclic amines) is 1. The average Bonchev–Trinajstić information content (AvgIpc) is 3.08. The molecule has 2 fully saturated rings. The quantitative estimate of drug-likeness (QED) is 0.514. The summed E-state index contributed by atoms with van der Waals surface area (Å²) in [5.74, 6) is 0.687. The van der Waals surface area contributed by atoms with Gasteiger partial charge in [0.25, 0.3) is 0 Å². The predicted octanol–water partition coefficient (Wildman–Crippen LogP) is 1.93. The average molecular weight is 439 g/mol. The highest BCUT2D eigenvalue weighted by Crippen LogP contribution is 2.35. The van der Waals surface area contributed by atoms with Crippen molar-refractivity contribution in [3.8, 4) is 5.75 Å². The molecule has 1 amide bonds. The second-order valence-corrected chi connectivity index (χ2v) is 9.88. The van der Waals surface area contributed by atoms with Gasteiger partial charge in [0.1, 0.15) is 19.0 Å². The molecule has 8 nitrogen and oxygen atoms in total. The number of sulfonamides is 1. The summed E-state index contributed by atoms with van der Waals surface area (Å²) < 4.78 is 33.2. The summed E-state index contributed by atoms with van der Waals surface area (Å²) in [7, 11) is -3.75. The topological polar surface area (TPSA) is 116 Å². The van der Waals surface area contributed by atoms with Gasteiger partial charge >= 0.3 is 5.97 Å². The van der Waals surface area contributed by atoms with Crippen molar-refractivity contribution in [1.29, 1.82) is 0 Å². The fraction of sp³-hybridized carbons (Fsp3) is 0.619. The van der Waals surface area contributed by atoms with Crippen molar-refractivity contribution in [1.82, 2.24) is 4.90 Å². The van der Waals surface area contributed by atoms with Gasteiger partial charge in [-0.15, -0.1) is 0 Å². The Balaban J connectivity index is 1.44. The van der Waals surface area contributed by atoms with E-state index in [0.29, 0.717) is 24.1 Å². The summed E-state index contributed by atoms with van der Waals surface area (Å²) in [4.78, 5) is 26.8. The minimum Gasteiger partial charge on any atom is -0.490 e. The smallest absolute Gasteiger partial charge is 0.311 e. The SMILES string of the molecule is C[C@H]1[C@H](C)CCC[C@@H]1N1C[C@H](C(=O)OCCOc2ccc(S(N)(=O)=O)cc2)CC1=O. The summed E-state index contributed by atoms with van der Waals surface area (Å²) >= 11 is 0. The van der Waals surface area contributed by atoms with Gasteiger partial charge in [0.15, 0.2) is 0 Å². The first-order valence-electron chi connectivity index (χ1n) is 10.4. The van der Waals surface area contributed by atoms with E-state index in [1.807, 2.05) is 4.90 Å². The van der Waals surface area contributed by atoms with Gasteiger partial charge in [-0.05, 0) is 42.5 Å². The predicted molar refractivity (Wildman–Crippen MR) is 110 cm³/mol. The molecule has 0 spiro atoms. The minimum absolute atomic E-state index is 0.00147. The molecular weight excluding hydrogens is 408 g/mol. The Kier molecular flexibility index (Phi) is 7.02. The summed E-state index contributed by atoms with van der Waals surface area (Å²) in [6.45, 7) is 5.03. The van der Waals surface area contributed by atoms with Crippen LogP contribution < -0.4 is 9.88 Å². The number of ether oxygens (including phenoxy) is 2. The molecule has 2 N–H and O–H groups in total. The van der Waals surface area contributed by atoms with E-state index >= 15 is 0 Å². The number of carbonyl (C=O) groups is 2. The highest BCUT2D eigenvalue weighted by molar-refractivity contribution is 7.89. The van der Waals surface area contributed by atoms with Gasteiger partial charge in [0.2, 0.25) is 15.9 Å². The number of primary sulfonamides is 1. The largest absolute Gasteiger partial charge is 0.490 e. The van der Waals surface area contributed by atoms with E-state index in [1.165, 1.54) is 30.7 Å². The lowest BCUT2D eigenvalue weighted by molar-refractivity contribution is -0.149. The molecule has 4 atom stereocenters. The van der Waals surface area contributed by atoms with Crippen molar-refractivity contribution < 1.29 is 27.5 Å². The fourth-order valence-corrected chi connectivity index (χ4v) is 4.86. The molecule has 3 rings (SSSR count). The Hall–Kier alpha value is -2.13. The van der Waals surface area contributed by atoms with Crippen molar-refractivity contribution >= 4 is 21.9 Å². The van der Waals surface area contributed by atoms with Crippen LogP contribution in [0.1, 0.15) is 39.5 Å². The fourth-order valence-electron chi connectivity index (χ4n) is 4.35. The monoisotopic (exact) mass is 438 g/mol. The Labute approximate surface area is 177 Å². The zero-order valence-corrected chi connectivity index (χ0v) is 18.3. The zero-order chi connectivity index (χ0) is 21.9. The highest BCUT2D eigenvalue weighted by Gasteiger charge is 2.42. The van der Waals surface area contributed by atoms with E-state index in [1.54, 1.807) is 0 Å². The third-order valence-corrected chi connectivity index (χ3v) is 7.23. The molecule has 0 unspecified atom stereocenters. The maximum atomic E-state index is 12.5. The van der Waals surface area contributed by atoms with Crippen molar-refractivity contribution in [3.63, 3.8) is 0 Å². The first kappa shape index (κ1) is 22.6. The molecule has 1 aliphatic heterocycles. The Morgan fingerprint density at radius 2 is 1.87 bits per heavy atom. The van der Waals surface area contributed by atoms with Gasteiger partial charge < -0.3 is 14.4 Å². The molecule has 166 valence electrons. The lowest BCUT2D eigenvalue weighted by Gasteiger charge is -2.39. The Morgan fingerprint density at radius 3 is 2.53 bits per heavy atom. The standard InChI is InChI=1S/C21H30N2O6S/c1-14-4-3-5-19(15(14)2)23-13-16(12-20(23)24)21(25)29-11-10-28-17-6-8-18(9-7-17)30(22,26)27/h6-9,14-16,19H,3-5,10-13H2,1-2H3,(H2,22,26,27)/t14-,15+,16-,19+/m1/s1. The number of benzene rings is 1. The molecule has 30 heavy (non-hydrogen) atoms. The minimum atomic E-state index is -3.75. The van der Waals surface area contributed by atoms with E-state index in [4.69, 9.17) is 14.6 Å². The van der Waals surface area contributed by atoms with Crippen molar-refractivity contribution in [3.05, 3.63) is 24.3 Å². The zero-order valence-electron chi connectivity index (χ0n) is 17.5. The molecule has 0 bridgehead atoms. The van der Waals surface area contributed by atoms with Gasteiger partial charge in [-0.2, -0.15) is 0 Å². The number of rotatable bonds is 7. The molecule has 1 aliphatic carbocycles. The van der Waals surface area contributed by atoms with Crippen LogP contribution in [0.5, 0.6) is 5.75 Å². The summed E-state index contributed by atoms with van der Waals surface area (Å²) in [5.41, 5.74) is 0. The third-order valence-electron chi connectivity index (χ3n) is 6.30. The Bertz CT molecular complexity index is 870. The lowest BCUT2D eigenvalue weighted by atomic mass is 9.77. The number of carbonyl (C=O) groups excluding carboxylic acids is 2. The maximum absolute atomic E-state index is 12.5. The maximum Gasteiger partial charge on any atom is 0.311 e. The van der Waals surface area contributed by atoms with Crippen LogP contribution in [0.25, 0.3) is 0 Å². The van der Waals surface area contributed by atoms with Crippen molar-refractivity contribution in [2.45, 2.75) is 50.5 Å². The second kappa shape index (κ2) is 9.34. The molecular formula is C21H30N2O6S. The van der Waals surface area contributed by atoms with Crippen LogP contribution in [0, 0.1) is 17.8 Å². The normalized spacial score (nSPS) is 27.2. The summed E-state index contributed by atoms with van der Waals surface area (Å²) in [6, 6.07) is 5.89. The van der Waals surface area contributed by atoms with E-state index in [-0.39, 0.29) is 42.4 Å². The van der Waals surface area contributed by atoms with E-state index in [9.17, 15) is 18.0 Å². The molecule has 1 aromatic carbocycles. The van der Waals surface area contributed by atoms with E-state index < -0.39 is 15.9 Å².